The maximum Gasteiger partial charge on any atom is 0.266 e. The van der Waals surface area contributed by atoms with Gasteiger partial charge >= 0.3 is 0 Å². The van der Waals surface area contributed by atoms with E-state index < -0.39 is 30.2 Å². The van der Waals surface area contributed by atoms with E-state index in [1.165, 1.54) is 7.11 Å². The molecular weight excluding hydrogens is 318 g/mol. The molecule has 1 spiro atoms. The van der Waals surface area contributed by atoms with Crippen molar-refractivity contribution < 1.29 is 23.1 Å². The van der Waals surface area contributed by atoms with Gasteiger partial charge in [0, 0.05) is 19.5 Å². The van der Waals surface area contributed by atoms with Crippen LogP contribution in [0, 0.1) is 5.41 Å². The number of carbonyl (C=O) groups excluding carboxylic acids is 2. The number of carbonyl (C=O) groups is 2. The van der Waals surface area contributed by atoms with Crippen LogP contribution >= 0.6 is 0 Å². The van der Waals surface area contributed by atoms with Gasteiger partial charge in [-0.15, -0.1) is 0 Å². The topological polar surface area (TPSA) is 58.6 Å². The second-order valence-electron chi connectivity index (χ2n) is 6.60. The molecule has 2 aliphatic rings. The van der Waals surface area contributed by atoms with Gasteiger partial charge in [-0.2, -0.15) is 0 Å². The van der Waals surface area contributed by atoms with E-state index >= 15 is 0 Å². The molecule has 1 N–H and O–H groups in total. The van der Waals surface area contributed by atoms with Crippen molar-refractivity contribution in [3.63, 3.8) is 0 Å². The number of halogens is 2. The molecule has 5 nitrogen and oxygen atoms in total. The molecule has 1 aromatic rings. The number of hydrogen-bond donors (Lipinski definition) is 1. The van der Waals surface area contributed by atoms with Gasteiger partial charge in [-0.05, 0) is 24.1 Å². The minimum atomic E-state index is -3.05. The number of amides is 2. The van der Waals surface area contributed by atoms with Crippen LogP contribution in [0.25, 0.3) is 0 Å². The highest BCUT2D eigenvalue weighted by atomic mass is 19.3. The van der Waals surface area contributed by atoms with E-state index in [-0.39, 0.29) is 18.9 Å². The van der Waals surface area contributed by atoms with E-state index in [1.807, 2.05) is 0 Å². The number of nitrogens with one attached hydrogen (secondary N) is 1. The maximum absolute atomic E-state index is 14.1. The predicted octanol–water partition coefficient (Wildman–Crippen LogP) is 1.61. The fraction of sp³-hybridized carbons (Fsp3) is 0.529. The molecule has 2 fully saturated rings. The van der Waals surface area contributed by atoms with E-state index in [2.05, 4.69) is 5.32 Å². The van der Waals surface area contributed by atoms with Crippen LogP contribution in [0.2, 0.25) is 0 Å². The monoisotopic (exact) mass is 338 g/mol. The number of benzene rings is 1. The molecule has 0 aliphatic carbocycles. The number of alkyl halides is 2. The molecule has 2 saturated heterocycles. The van der Waals surface area contributed by atoms with Crippen molar-refractivity contribution in [1.29, 1.82) is 0 Å². The average molecular weight is 338 g/mol. The minimum absolute atomic E-state index is 0.00494. The van der Waals surface area contributed by atoms with Crippen LogP contribution in [0.1, 0.15) is 18.4 Å². The fourth-order valence-electron chi connectivity index (χ4n) is 3.59. The summed E-state index contributed by atoms with van der Waals surface area (Å²) in [5.74, 6) is -3.22. The van der Waals surface area contributed by atoms with Gasteiger partial charge in [0.1, 0.15) is 5.75 Å². The highest BCUT2D eigenvalue weighted by molar-refractivity contribution is 5.87. The summed E-state index contributed by atoms with van der Waals surface area (Å²) in [6, 6.07) is 6.96. The van der Waals surface area contributed by atoms with Crippen LogP contribution < -0.4 is 10.1 Å². The number of hydrogen-bond acceptors (Lipinski definition) is 3. The van der Waals surface area contributed by atoms with Crippen molar-refractivity contribution in [3.05, 3.63) is 29.8 Å². The van der Waals surface area contributed by atoms with Crippen molar-refractivity contribution in [2.45, 2.75) is 25.2 Å². The summed E-state index contributed by atoms with van der Waals surface area (Å²) in [6.07, 6.45) is -0.149. The summed E-state index contributed by atoms with van der Waals surface area (Å²) < 4.78 is 33.4. The van der Waals surface area contributed by atoms with Gasteiger partial charge in [-0.25, -0.2) is 8.78 Å². The average Bonchev–Trinajstić information content (AvgIpc) is 2.85. The predicted molar refractivity (Wildman–Crippen MR) is 82.9 cm³/mol. The quantitative estimate of drug-likeness (QED) is 0.911. The lowest BCUT2D eigenvalue weighted by molar-refractivity contribution is -0.159. The Bertz CT molecular complexity index is 665. The van der Waals surface area contributed by atoms with Crippen molar-refractivity contribution >= 4 is 11.8 Å². The van der Waals surface area contributed by atoms with Gasteiger partial charge in [0.15, 0.2) is 0 Å². The molecule has 24 heavy (non-hydrogen) atoms. The first-order valence-electron chi connectivity index (χ1n) is 7.90. The third-order valence-corrected chi connectivity index (χ3v) is 4.73. The van der Waals surface area contributed by atoms with Crippen LogP contribution in [0.4, 0.5) is 8.78 Å². The van der Waals surface area contributed by atoms with Gasteiger partial charge in [0.25, 0.3) is 5.92 Å². The Morgan fingerprint density at radius 1 is 1.38 bits per heavy atom. The Morgan fingerprint density at radius 2 is 2.17 bits per heavy atom. The molecule has 1 unspecified atom stereocenters. The van der Waals surface area contributed by atoms with Crippen LogP contribution in [0.5, 0.6) is 5.75 Å². The van der Waals surface area contributed by atoms with E-state index in [1.54, 1.807) is 24.3 Å². The molecular formula is C17H20F2N2O3. The van der Waals surface area contributed by atoms with Crippen molar-refractivity contribution in [2.75, 3.05) is 26.7 Å². The van der Waals surface area contributed by atoms with Crippen LogP contribution in [0.3, 0.4) is 0 Å². The highest BCUT2D eigenvalue weighted by Gasteiger charge is 2.55. The zero-order valence-electron chi connectivity index (χ0n) is 13.5. The Balaban J connectivity index is 1.77. The van der Waals surface area contributed by atoms with Crippen molar-refractivity contribution in [3.8, 4) is 5.75 Å². The molecule has 1 aromatic carbocycles. The number of methoxy groups -OCH3 is 1. The molecule has 2 aliphatic heterocycles. The van der Waals surface area contributed by atoms with Gasteiger partial charge in [0.05, 0.1) is 25.5 Å². The normalized spacial score (nSPS) is 25.6. The Labute approximate surface area is 139 Å². The molecule has 3 rings (SSSR count). The minimum Gasteiger partial charge on any atom is -0.497 e. The molecule has 0 bridgehead atoms. The van der Waals surface area contributed by atoms with Gasteiger partial charge in [-0.1, -0.05) is 12.1 Å². The van der Waals surface area contributed by atoms with Crippen LogP contribution in [-0.2, 0) is 16.0 Å². The number of likely N-dealkylation sites (tertiary alicyclic amines) is 1. The second kappa shape index (κ2) is 6.03. The number of piperidine rings is 1. The van der Waals surface area contributed by atoms with Gasteiger partial charge < -0.3 is 15.0 Å². The first kappa shape index (κ1) is 16.7. The maximum atomic E-state index is 14.1. The molecule has 0 aromatic heterocycles. The summed E-state index contributed by atoms with van der Waals surface area (Å²) >= 11 is 0. The molecule has 0 saturated carbocycles. The summed E-state index contributed by atoms with van der Waals surface area (Å²) in [5.41, 5.74) is -0.468. The Kier molecular flexibility index (Phi) is 4.19. The first-order chi connectivity index (χ1) is 11.3. The van der Waals surface area contributed by atoms with Crippen molar-refractivity contribution in [2.24, 2.45) is 5.41 Å². The molecule has 1 atom stereocenters. The lowest BCUT2D eigenvalue weighted by Gasteiger charge is -2.42. The first-order valence-corrected chi connectivity index (χ1v) is 7.90. The SMILES string of the molecule is COc1cccc(CC(=O)N2CC(F)(F)CC3(CCNC3=O)C2)c1. The third kappa shape index (κ3) is 3.20. The lowest BCUT2D eigenvalue weighted by Crippen LogP contribution is -2.57. The number of nitrogens with zero attached hydrogens (tertiary/aromatic N) is 1. The fourth-order valence-corrected chi connectivity index (χ4v) is 3.59. The van der Waals surface area contributed by atoms with E-state index in [0.717, 1.165) is 4.90 Å². The number of ether oxygens (including phenoxy) is 1. The highest BCUT2D eigenvalue weighted by Crippen LogP contribution is 2.43. The van der Waals surface area contributed by atoms with Crippen LogP contribution in [0.15, 0.2) is 24.3 Å². The van der Waals surface area contributed by atoms with E-state index in [0.29, 0.717) is 24.3 Å². The zero-order chi connectivity index (χ0) is 17.4. The van der Waals surface area contributed by atoms with E-state index in [4.69, 9.17) is 4.74 Å². The van der Waals surface area contributed by atoms with Gasteiger partial charge in [-0.3, -0.25) is 9.59 Å². The Hall–Kier alpha value is -2.18. The van der Waals surface area contributed by atoms with Crippen molar-refractivity contribution in [1.82, 2.24) is 10.2 Å². The summed E-state index contributed by atoms with van der Waals surface area (Å²) in [5, 5.41) is 2.62. The van der Waals surface area contributed by atoms with Gasteiger partial charge in [0.2, 0.25) is 11.8 Å². The second-order valence-corrected chi connectivity index (χ2v) is 6.60. The molecule has 0 radical (unpaired) electrons. The van der Waals surface area contributed by atoms with Crippen LogP contribution in [-0.4, -0.2) is 49.4 Å². The lowest BCUT2D eigenvalue weighted by atomic mass is 9.77. The molecule has 2 amide bonds. The molecule has 130 valence electrons. The summed E-state index contributed by atoms with van der Waals surface area (Å²) in [4.78, 5) is 25.7. The number of rotatable bonds is 3. The smallest absolute Gasteiger partial charge is 0.266 e. The van der Waals surface area contributed by atoms with E-state index in [9.17, 15) is 18.4 Å². The summed E-state index contributed by atoms with van der Waals surface area (Å²) in [6.45, 7) is -0.200. The largest absolute Gasteiger partial charge is 0.497 e. The standard InChI is InChI=1S/C17H20F2N2O3/c1-24-13-4-2-3-12(7-13)8-14(22)21-10-16(5-6-20-15(16)23)9-17(18,19)11-21/h2-4,7H,5-6,8-11H2,1H3,(H,20,23). The molecule has 7 heteroatoms. The molecule has 2 heterocycles. The summed E-state index contributed by atoms with van der Waals surface area (Å²) in [7, 11) is 1.52. The zero-order valence-corrected chi connectivity index (χ0v) is 13.5. The Morgan fingerprint density at radius 3 is 2.83 bits per heavy atom. The third-order valence-electron chi connectivity index (χ3n) is 4.73.